The van der Waals surface area contributed by atoms with Crippen molar-refractivity contribution in [2.45, 2.75) is 0 Å². The molecule has 0 radical (unpaired) electrons. The van der Waals surface area contributed by atoms with Crippen LogP contribution in [0.3, 0.4) is 0 Å². The SMILES string of the molecule is Nc1nc(-c2ccoc2)c(-c2ccncc2)s1. The summed E-state index contributed by atoms with van der Waals surface area (Å²) >= 11 is 1.46. The zero-order chi connectivity index (χ0) is 11.7. The van der Waals surface area contributed by atoms with Gasteiger partial charge in [0.05, 0.1) is 23.1 Å². The predicted octanol–water partition coefficient (Wildman–Crippen LogP) is 3.05. The molecule has 2 N–H and O–H groups in total. The van der Waals surface area contributed by atoms with Gasteiger partial charge in [0.1, 0.15) is 0 Å². The van der Waals surface area contributed by atoms with Gasteiger partial charge in [0, 0.05) is 18.0 Å². The number of nitrogens with two attached hydrogens (primary N) is 1. The van der Waals surface area contributed by atoms with Crippen molar-refractivity contribution in [2.75, 3.05) is 5.73 Å². The van der Waals surface area contributed by atoms with Crippen molar-refractivity contribution in [3.8, 4) is 21.7 Å². The van der Waals surface area contributed by atoms with E-state index in [1.165, 1.54) is 11.3 Å². The largest absolute Gasteiger partial charge is 0.472 e. The lowest BCUT2D eigenvalue weighted by Gasteiger charge is -1.98. The summed E-state index contributed by atoms with van der Waals surface area (Å²) in [6.45, 7) is 0. The number of hydrogen-bond acceptors (Lipinski definition) is 5. The molecule has 84 valence electrons. The van der Waals surface area contributed by atoms with Crippen LogP contribution in [-0.4, -0.2) is 9.97 Å². The second-order valence-corrected chi connectivity index (χ2v) is 4.51. The quantitative estimate of drug-likeness (QED) is 0.751. The van der Waals surface area contributed by atoms with Crippen LogP contribution in [0.1, 0.15) is 0 Å². The third kappa shape index (κ3) is 1.81. The molecule has 3 heterocycles. The van der Waals surface area contributed by atoms with Gasteiger partial charge in [-0.1, -0.05) is 11.3 Å². The Bertz CT molecular complexity index is 617. The second kappa shape index (κ2) is 4.03. The lowest BCUT2D eigenvalue weighted by Crippen LogP contribution is -1.82. The van der Waals surface area contributed by atoms with Gasteiger partial charge in [-0.2, -0.15) is 0 Å². The molecule has 3 rings (SSSR count). The molecular formula is C12H9N3OS. The van der Waals surface area contributed by atoms with E-state index in [1.54, 1.807) is 24.9 Å². The molecule has 0 atom stereocenters. The maximum atomic E-state index is 5.78. The van der Waals surface area contributed by atoms with Crippen molar-refractivity contribution in [1.29, 1.82) is 0 Å². The molecule has 0 aliphatic carbocycles. The summed E-state index contributed by atoms with van der Waals surface area (Å²) in [6.07, 6.45) is 6.80. The zero-order valence-corrected chi connectivity index (χ0v) is 9.65. The zero-order valence-electron chi connectivity index (χ0n) is 8.83. The van der Waals surface area contributed by atoms with Gasteiger partial charge in [0.15, 0.2) is 5.13 Å². The maximum Gasteiger partial charge on any atom is 0.181 e. The number of nitrogen functional groups attached to an aromatic ring is 1. The summed E-state index contributed by atoms with van der Waals surface area (Å²) in [4.78, 5) is 9.38. The lowest BCUT2D eigenvalue weighted by atomic mass is 10.1. The van der Waals surface area contributed by atoms with Gasteiger partial charge in [-0.15, -0.1) is 0 Å². The number of rotatable bonds is 2. The molecule has 0 saturated heterocycles. The maximum absolute atomic E-state index is 5.78. The summed E-state index contributed by atoms with van der Waals surface area (Å²) in [5.74, 6) is 0. The molecule has 4 nitrogen and oxygen atoms in total. The molecule has 0 aromatic carbocycles. The van der Waals surface area contributed by atoms with E-state index in [-0.39, 0.29) is 0 Å². The molecule has 3 aromatic heterocycles. The Morgan fingerprint density at radius 3 is 2.65 bits per heavy atom. The van der Waals surface area contributed by atoms with Gasteiger partial charge in [-0.25, -0.2) is 4.98 Å². The van der Waals surface area contributed by atoms with E-state index in [1.807, 2.05) is 18.2 Å². The molecule has 3 aromatic rings. The number of nitrogens with zero attached hydrogens (tertiary/aromatic N) is 2. The molecule has 0 aliphatic rings. The standard InChI is InChI=1S/C12H9N3OS/c13-12-15-10(9-3-6-16-7-9)11(17-12)8-1-4-14-5-2-8/h1-7H,(H2,13,15). The van der Waals surface area contributed by atoms with Gasteiger partial charge in [-0.3, -0.25) is 4.98 Å². The molecule has 17 heavy (non-hydrogen) atoms. The summed E-state index contributed by atoms with van der Waals surface area (Å²) in [6, 6.07) is 5.76. The Hall–Kier alpha value is -2.14. The first-order valence-electron chi connectivity index (χ1n) is 5.04. The van der Waals surface area contributed by atoms with Crippen molar-refractivity contribution in [3.05, 3.63) is 43.1 Å². The highest BCUT2D eigenvalue weighted by atomic mass is 32.1. The average Bonchev–Trinajstić information content (AvgIpc) is 2.98. The normalized spacial score (nSPS) is 10.6. The van der Waals surface area contributed by atoms with Crippen LogP contribution in [0.5, 0.6) is 0 Å². The van der Waals surface area contributed by atoms with E-state index >= 15 is 0 Å². The molecule has 0 saturated carbocycles. The molecule has 0 amide bonds. The molecule has 0 spiro atoms. The molecular weight excluding hydrogens is 234 g/mol. The Morgan fingerprint density at radius 1 is 1.12 bits per heavy atom. The van der Waals surface area contributed by atoms with E-state index < -0.39 is 0 Å². The minimum atomic E-state index is 0.549. The van der Waals surface area contributed by atoms with Crippen LogP contribution < -0.4 is 5.73 Å². The minimum Gasteiger partial charge on any atom is -0.472 e. The van der Waals surface area contributed by atoms with E-state index in [4.69, 9.17) is 10.2 Å². The van der Waals surface area contributed by atoms with Crippen LogP contribution in [-0.2, 0) is 0 Å². The Balaban J connectivity index is 2.18. The number of furan rings is 1. The first-order chi connectivity index (χ1) is 8.34. The van der Waals surface area contributed by atoms with Crippen LogP contribution in [0.4, 0.5) is 5.13 Å². The number of hydrogen-bond donors (Lipinski definition) is 1. The lowest BCUT2D eigenvalue weighted by molar-refractivity contribution is 0.568. The first kappa shape index (κ1) is 10.0. The summed E-state index contributed by atoms with van der Waals surface area (Å²) in [5.41, 5.74) is 8.63. The smallest absolute Gasteiger partial charge is 0.181 e. The third-order valence-electron chi connectivity index (χ3n) is 2.38. The minimum absolute atomic E-state index is 0.549. The molecule has 0 bridgehead atoms. The third-order valence-corrected chi connectivity index (χ3v) is 3.31. The van der Waals surface area contributed by atoms with Crippen LogP contribution in [0.15, 0.2) is 47.5 Å². The highest BCUT2D eigenvalue weighted by molar-refractivity contribution is 7.19. The fraction of sp³-hybridized carbons (Fsp3) is 0. The van der Waals surface area contributed by atoms with Gasteiger partial charge in [0.25, 0.3) is 0 Å². The van der Waals surface area contributed by atoms with E-state index in [9.17, 15) is 0 Å². The number of pyridine rings is 1. The summed E-state index contributed by atoms with van der Waals surface area (Å²) < 4.78 is 5.08. The molecule has 0 fully saturated rings. The van der Waals surface area contributed by atoms with Crippen LogP contribution in [0.25, 0.3) is 21.7 Å². The van der Waals surface area contributed by atoms with E-state index in [0.717, 1.165) is 21.7 Å². The first-order valence-corrected chi connectivity index (χ1v) is 5.85. The fourth-order valence-electron chi connectivity index (χ4n) is 1.63. The highest BCUT2D eigenvalue weighted by Crippen LogP contribution is 2.37. The van der Waals surface area contributed by atoms with Crippen molar-refractivity contribution < 1.29 is 4.42 Å². The van der Waals surface area contributed by atoms with Crippen molar-refractivity contribution >= 4 is 16.5 Å². The fourth-order valence-corrected chi connectivity index (χ4v) is 2.49. The van der Waals surface area contributed by atoms with Crippen LogP contribution in [0.2, 0.25) is 0 Å². The van der Waals surface area contributed by atoms with Crippen molar-refractivity contribution in [1.82, 2.24) is 9.97 Å². The number of anilines is 1. The van der Waals surface area contributed by atoms with Gasteiger partial charge >= 0.3 is 0 Å². The van der Waals surface area contributed by atoms with E-state index in [2.05, 4.69) is 9.97 Å². The number of aromatic nitrogens is 2. The second-order valence-electron chi connectivity index (χ2n) is 3.48. The predicted molar refractivity (Wildman–Crippen MR) is 67.5 cm³/mol. The molecule has 0 aliphatic heterocycles. The average molecular weight is 243 g/mol. The Labute approximate surface area is 102 Å². The van der Waals surface area contributed by atoms with E-state index in [0.29, 0.717) is 5.13 Å². The van der Waals surface area contributed by atoms with Crippen LogP contribution in [0, 0.1) is 0 Å². The molecule has 5 heteroatoms. The van der Waals surface area contributed by atoms with Crippen LogP contribution >= 0.6 is 11.3 Å². The van der Waals surface area contributed by atoms with Crippen molar-refractivity contribution in [2.24, 2.45) is 0 Å². The van der Waals surface area contributed by atoms with Crippen molar-refractivity contribution in [3.63, 3.8) is 0 Å². The number of thiazole rings is 1. The summed E-state index contributed by atoms with van der Waals surface area (Å²) in [7, 11) is 0. The van der Waals surface area contributed by atoms with Gasteiger partial charge in [-0.05, 0) is 23.8 Å². The Kier molecular flexibility index (Phi) is 2.38. The summed E-state index contributed by atoms with van der Waals surface area (Å²) in [5, 5.41) is 0.549. The van der Waals surface area contributed by atoms with Gasteiger partial charge in [0.2, 0.25) is 0 Å². The monoisotopic (exact) mass is 243 g/mol. The Morgan fingerprint density at radius 2 is 1.94 bits per heavy atom. The van der Waals surface area contributed by atoms with Gasteiger partial charge < -0.3 is 10.2 Å². The highest BCUT2D eigenvalue weighted by Gasteiger charge is 2.14. The molecule has 0 unspecified atom stereocenters. The topological polar surface area (TPSA) is 64.9 Å².